The zero-order chi connectivity index (χ0) is 20.1. The lowest BCUT2D eigenvalue weighted by molar-refractivity contribution is -0.160. The topological polar surface area (TPSA) is 83.1 Å². The van der Waals surface area contributed by atoms with E-state index in [2.05, 4.69) is 5.32 Å². The van der Waals surface area contributed by atoms with E-state index < -0.39 is 24.1 Å². The molecule has 1 aliphatic heterocycles. The predicted molar refractivity (Wildman–Crippen MR) is 102 cm³/mol. The van der Waals surface area contributed by atoms with Crippen LogP contribution in [0.15, 0.2) is 42.5 Å². The van der Waals surface area contributed by atoms with Gasteiger partial charge in [-0.05, 0) is 55.8 Å². The van der Waals surface area contributed by atoms with Crippen molar-refractivity contribution >= 4 is 23.5 Å². The molecule has 0 saturated heterocycles. The van der Waals surface area contributed by atoms with Crippen molar-refractivity contribution in [3.05, 3.63) is 53.1 Å². The van der Waals surface area contributed by atoms with Crippen LogP contribution in [0.25, 0.3) is 0 Å². The van der Waals surface area contributed by atoms with Gasteiger partial charge in [-0.15, -0.1) is 0 Å². The SMILES string of the molecule is C[C@H](OC(=O)[C@@H](C)Oc1ccc(Cl)cc1)C(=O)NCc1ccc2c(c1)OCO2. The van der Waals surface area contributed by atoms with Crippen molar-refractivity contribution in [2.75, 3.05) is 6.79 Å². The quantitative estimate of drug-likeness (QED) is 0.713. The summed E-state index contributed by atoms with van der Waals surface area (Å²) >= 11 is 5.81. The number of carbonyl (C=O) groups is 2. The van der Waals surface area contributed by atoms with Crippen molar-refractivity contribution in [1.82, 2.24) is 5.32 Å². The normalized spacial score (nSPS) is 14.1. The summed E-state index contributed by atoms with van der Waals surface area (Å²) in [5.74, 6) is 0.741. The van der Waals surface area contributed by atoms with Gasteiger partial charge in [0.25, 0.3) is 5.91 Å². The van der Waals surface area contributed by atoms with E-state index in [9.17, 15) is 9.59 Å². The lowest BCUT2D eigenvalue weighted by atomic mass is 10.2. The number of ether oxygens (including phenoxy) is 4. The molecule has 0 unspecified atom stereocenters. The van der Waals surface area contributed by atoms with Crippen molar-refractivity contribution < 1.29 is 28.5 Å². The summed E-state index contributed by atoms with van der Waals surface area (Å²) in [6.07, 6.45) is -1.83. The Morgan fingerprint density at radius 2 is 1.79 bits per heavy atom. The van der Waals surface area contributed by atoms with Crippen LogP contribution in [0.3, 0.4) is 0 Å². The van der Waals surface area contributed by atoms with Gasteiger partial charge in [-0.1, -0.05) is 17.7 Å². The molecule has 0 bridgehead atoms. The van der Waals surface area contributed by atoms with Crippen LogP contribution in [0.2, 0.25) is 5.02 Å². The molecule has 1 amide bonds. The summed E-state index contributed by atoms with van der Waals surface area (Å²) in [7, 11) is 0. The third-order valence-corrected chi connectivity index (χ3v) is 4.28. The molecule has 1 heterocycles. The highest BCUT2D eigenvalue weighted by Crippen LogP contribution is 2.32. The number of nitrogens with one attached hydrogen (secondary N) is 1. The van der Waals surface area contributed by atoms with Gasteiger partial charge in [-0.25, -0.2) is 4.79 Å². The summed E-state index contributed by atoms with van der Waals surface area (Å²) in [5.41, 5.74) is 0.843. The molecule has 28 heavy (non-hydrogen) atoms. The minimum absolute atomic E-state index is 0.189. The number of amides is 1. The van der Waals surface area contributed by atoms with Crippen LogP contribution in [-0.2, 0) is 20.9 Å². The number of hydrogen-bond donors (Lipinski definition) is 1. The highest BCUT2D eigenvalue weighted by molar-refractivity contribution is 6.30. The first-order valence-electron chi connectivity index (χ1n) is 8.71. The van der Waals surface area contributed by atoms with E-state index in [0.717, 1.165) is 5.56 Å². The molecule has 0 spiro atoms. The average molecular weight is 406 g/mol. The summed E-state index contributed by atoms with van der Waals surface area (Å²) in [5, 5.41) is 3.29. The molecular formula is C20H20ClNO6. The third-order valence-electron chi connectivity index (χ3n) is 4.02. The molecule has 0 aliphatic carbocycles. The molecule has 0 radical (unpaired) electrons. The molecule has 0 fully saturated rings. The van der Waals surface area contributed by atoms with Gasteiger partial charge in [0.2, 0.25) is 6.79 Å². The van der Waals surface area contributed by atoms with E-state index in [0.29, 0.717) is 22.3 Å². The van der Waals surface area contributed by atoms with E-state index in [-0.39, 0.29) is 13.3 Å². The molecule has 2 aromatic carbocycles. The van der Waals surface area contributed by atoms with Crippen LogP contribution in [-0.4, -0.2) is 30.9 Å². The maximum absolute atomic E-state index is 12.2. The van der Waals surface area contributed by atoms with Gasteiger partial charge in [0.1, 0.15) is 5.75 Å². The van der Waals surface area contributed by atoms with Crippen LogP contribution >= 0.6 is 11.6 Å². The smallest absolute Gasteiger partial charge is 0.347 e. The highest BCUT2D eigenvalue weighted by Gasteiger charge is 2.23. The second-order valence-electron chi connectivity index (χ2n) is 6.20. The Morgan fingerprint density at radius 1 is 1.07 bits per heavy atom. The fourth-order valence-corrected chi connectivity index (χ4v) is 2.60. The zero-order valence-electron chi connectivity index (χ0n) is 15.4. The second-order valence-corrected chi connectivity index (χ2v) is 6.63. The number of benzene rings is 2. The molecule has 0 saturated carbocycles. The summed E-state index contributed by atoms with van der Waals surface area (Å²) in [6.45, 7) is 3.51. The maximum atomic E-state index is 12.2. The van der Waals surface area contributed by atoms with Crippen molar-refractivity contribution in [2.24, 2.45) is 0 Å². The number of rotatable bonds is 7. The molecule has 2 atom stereocenters. The maximum Gasteiger partial charge on any atom is 0.347 e. The first-order valence-corrected chi connectivity index (χ1v) is 9.09. The lowest BCUT2D eigenvalue weighted by Gasteiger charge is -2.18. The number of fused-ring (bicyclic) bond motifs is 1. The minimum atomic E-state index is -0.960. The van der Waals surface area contributed by atoms with Gasteiger partial charge >= 0.3 is 5.97 Å². The Bertz CT molecular complexity index is 854. The van der Waals surface area contributed by atoms with Crippen LogP contribution in [0, 0.1) is 0 Å². The van der Waals surface area contributed by atoms with Crippen molar-refractivity contribution in [3.63, 3.8) is 0 Å². The van der Waals surface area contributed by atoms with Crippen LogP contribution in [0.1, 0.15) is 19.4 Å². The fraction of sp³-hybridized carbons (Fsp3) is 0.300. The Balaban J connectivity index is 1.46. The molecule has 2 aromatic rings. The lowest BCUT2D eigenvalue weighted by Crippen LogP contribution is -2.38. The Morgan fingerprint density at radius 3 is 2.54 bits per heavy atom. The van der Waals surface area contributed by atoms with Gasteiger partial charge in [0.15, 0.2) is 23.7 Å². The monoisotopic (exact) mass is 405 g/mol. The van der Waals surface area contributed by atoms with E-state index in [1.54, 1.807) is 43.3 Å². The molecule has 0 aromatic heterocycles. The van der Waals surface area contributed by atoms with Crippen molar-refractivity contribution in [2.45, 2.75) is 32.6 Å². The molecule has 1 aliphatic rings. The second kappa shape index (κ2) is 8.84. The number of hydrogen-bond acceptors (Lipinski definition) is 6. The Hall–Kier alpha value is -2.93. The van der Waals surface area contributed by atoms with Crippen LogP contribution in [0.4, 0.5) is 0 Å². The highest BCUT2D eigenvalue weighted by atomic mass is 35.5. The molecular weight excluding hydrogens is 386 g/mol. The summed E-state index contributed by atoms with van der Waals surface area (Å²) in [4.78, 5) is 24.4. The van der Waals surface area contributed by atoms with Crippen LogP contribution < -0.4 is 19.5 Å². The number of esters is 1. The Kier molecular flexibility index (Phi) is 6.26. The fourth-order valence-electron chi connectivity index (χ4n) is 2.47. The van der Waals surface area contributed by atoms with Crippen LogP contribution in [0.5, 0.6) is 17.2 Å². The third kappa shape index (κ3) is 5.07. The number of carbonyl (C=O) groups excluding carboxylic acids is 2. The van der Waals surface area contributed by atoms with Crippen molar-refractivity contribution in [1.29, 1.82) is 0 Å². The standard InChI is InChI=1S/C20H20ClNO6/c1-12(28-20(24)13(2)27-16-6-4-15(21)5-7-16)19(23)22-10-14-3-8-17-18(9-14)26-11-25-17/h3-9,12-13H,10-11H2,1-2H3,(H,22,23)/t12-,13+/m0/s1. The first kappa shape index (κ1) is 19.8. The van der Waals surface area contributed by atoms with E-state index >= 15 is 0 Å². The molecule has 1 N–H and O–H groups in total. The molecule has 7 nitrogen and oxygen atoms in total. The molecule has 148 valence electrons. The van der Waals surface area contributed by atoms with Gasteiger partial charge in [-0.3, -0.25) is 4.79 Å². The predicted octanol–water partition coefficient (Wildman–Crippen LogP) is 3.08. The van der Waals surface area contributed by atoms with Gasteiger partial charge in [0.05, 0.1) is 0 Å². The van der Waals surface area contributed by atoms with Gasteiger partial charge in [-0.2, -0.15) is 0 Å². The van der Waals surface area contributed by atoms with Crippen molar-refractivity contribution in [3.8, 4) is 17.2 Å². The van der Waals surface area contributed by atoms with E-state index in [1.807, 2.05) is 6.07 Å². The van der Waals surface area contributed by atoms with E-state index in [1.165, 1.54) is 6.92 Å². The molecule has 8 heteroatoms. The summed E-state index contributed by atoms with van der Waals surface area (Å²) < 4.78 is 21.2. The zero-order valence-corrected chi connectivity index (χ0v) is 16.2. The molecule has 3 rings (SSSR count). The largest absolute Gasteiger partial charge is 0.479 e. The minimum Gasteiger partial charge on any atom is -0.479 e. The first-order chi connectivity index (χ1) is 13.4. The van der Waals surface area contributed by atoms with E-state index in [4.69, 9.17) is 30.5 Å². The summed E-state index contributed by atoms with van der Waals surface area (Å²) in [6, 6.07) is 12.0. The van der Waals surface area contributed by atoms with Gasteiger partial charge < -0.3 is 24.3 Å². The number of halogens is 1. The van der Waals surface area contributed by atoms with Gasteiger partial charge in [0, 0.05) is 11.6 Å². The Labute approximate surface area is 167 Å². The average Bonchev–Trinajstić information content (AvgIpc) is 3.15.